The summed E-state index contributed by atoms with van der Waals surface area (Å²) in [4.78, 5) is 24.1. The largest absolute Gasteiger partial charge is 0.493 e. The number of rotatable bonds is 14. The molecule has 182 valence electrons. The second-order valence-electron chi connectivity index (χ2n) is 8.18. The summed E-state index contributed by atoms with van der Waals surface area (Å²) in [7, 11) is 0. The first kappa shape index (κ1) is 25.3. The van der Waals surface area contributed by atoms with E-state index in [0.29, 0.717) is 23.3 Å². The molecule has 0 saturated heterocycles. The average molecular weight is 467 g/mol. The van der Waals surface area contributed by atoms with Gasteiger partial charge in [0.05, 0.1) is 25.2 Å². The monoisotopic (exact) mass is 466 g/mol. The number of carbonyl (C=O) groups excluding carboxylic acids is 1. The van der Waals surface area contributed by atoms with E-state index in [4.69, 9.17) is 18.6 Å². The van der Waals surface area contributed by atoms with Crippen molar-refractivity contribution < 1.29 is 23.4 Å². The fourth-order valence-electron chi connectivity index (χ4n) is 3.76. The molecule has 3 rings (SSSR count). The molecule has 34 heavy (non-hydrogen) atoms. The van der Waals surface area contributed by atoms with Crippen molar-refractivity contribution >= 4 is 16.9 Å². The van der Waals surface area contributed by atoms with Gasteiger partial charge in [-0.25, -0.2) is 4.79 Å². The highest BCUT2D eigenvalue weighted by molar-refractivity contribution is 5.89. The number of hydrogen-bond donors (Lipinski definition) is 0. The normalized spacial score (nSPS) is 10.9. The second-order valence-corrected chi connectivity index (χ2v) is 8.18. The van der Waals surface area contributed by atoms with E-state index in [9.17, 15) is 9.59 Å². The summed E-state index contributed by atoms with van der Waals surface area (Å²) < 4.78 is 22.3. The van der Waals surface area contributed by atoms with Gasteiger partial charge in [0.15, 0.2) is 5.43 Å². The molecule has 0 N–H and O–H groups in total. The first-order valence-corrected chi connectivity index (χ1v) is 12.2. The Kier molecular flexibility index (Phi) is 10.0. The maximum absolute atomic E-state index is 12.2. The molecule has 0 aliphatic rings. The molecule has 0 saturated carbocycles. The van der Waals surface area contributed by atoms with Crippen LogP contribution in [-0.2, 0) is 11.2 Å². The van der Waals surface area contributed by atoms with Gasteiger partial charge in [-0.1, -0.05) is 50.8 Å². The Bertz CT molecular complexity index is 1120. The summed E-state index contributed by atoms with van der Waals surface area (Å²) in [6.45, 7) is 5.41. The van der Waals surface area contributed by atoms with Gasteiger partial charge in [0, 0.05) is 12.1 Å². The van der Waals surface area contributed by atoms with Gasteiger partial charge in [0.25, 0.3) is 0 Å². The fraction of sp³-hybridized carbons (Fsp3) is 0.429. The van der Waals surface area contributed by atoms with E-state index in [1.165, 1.54) is 5.56 Å². The van der Waals surface area contributed by atoms with Crippen molar-refractivity contribution in [1.82, 2.24) is 0 Å². The van der Waals surface area contributed by atoms with Gasteiger partial charge in [0.2, 0.25) is 5.76 Å². The SMILES string of the molecule is CCCc1ccccc1OCCCCCCCOc1ccc2c(=O)cc(C(=O)OCC)oc2c1. The Hall–Kier alpha value is -3.28. The van der Waals surface area contributed by atoms with Crippen LogP contribution in [0.1, 0.15) is 68.5 Å². The first-order valence-electron chi connectivity index (χ1n) is 12.2. The number of ether oxygens (including phenoxy) is 3. The Morgan fingerprint density at radius 2 is 1.62 bits per heavy atom. The van der Waals surface area contributed by atoms with Crippen LogP contribution in [0.25, 0.3) is 11.0 Å². The van der Waals surface area contributed by atoms with Crippen LogP contribution in [0.5, 0.6) is 11.5 Å². The molecule has 0 unspecified atom stereocenters. The number of para-hydroxylation sites is 1. The molecular formula is C28H34O6. The fourth-order valence-corrected chi connectivity index (χ4v) is 3.76. The lowest BCUT2D eigenvalue weighted by molar-refractivity contribution is 0.0490. The Balaban J connectivity index is 1.36. The molecule has 0 aliphatic carbocycles. The van der Waals surface area contributed by atoms with Crippen molar-refractivity contribution in [2.75, 3.05) is 19.8 Å². The van der Waals surface area contributed by atoms with Crippen LogP contribution in [0.4, 0.5) is 0 Å². The summed E-state index contributed by atoms with van der Waals surface area (Å²) in [5.74, 6) is 0.867. The van der Waals surface area contributed by atoms with E-state index >= 15 is 0 Å². The Morgan fingerprint density at radius 3 is 2.38 bits per heavy atom. The van der Waals surface area contributed by atoms with E-state index in [1.807, 2.05) is 6.07 Å². The van der Waals surface area contributed by atoms with Gasteiger partial charge in [-0.2, -0.15) is 0 Å². The smallest absolute Gasteiger partial charge is 0.374 e. The highest BCUT2D eigenvalue weighted by Crippen LogP contribution is 2.21. The third-order valence-electron chi connectivity index (χ3n) is 5.48. The summed E-state index contributed by atoms with van der Waals surface area (Å²) >= 11 is 0. The molecule has 0 atom stereocenters. The molecule has 3 aromatic rings. The van der Waals surface area contributed by atoms with Gasteiger partial charge in [-0.05, 0) is 49.9 Å². The minimum atomic E-state index is -0.650. The Morgan fingerprint density at radius 1 is 0.882 bits per heavy atom. The molecule has 1 heterocycles. The number of fused-ring (bicyclic) bond motifs is 1. The zero-order valence-corrected chi connectivity index (χ0v) is 20.1. The zero-order chi connectivity index (χ0) is 24.2. The predicted molar refractivity (Wildman–Crippen MR) is 133 cm³/mol. The molecule has 0 bridgehead atoms. The average Bonchev–Trinajstić information content (AvgIpc) is 2.84. The third-order valence-corrected chi connectivity index (χ3v) is 5.48. The molecule has 0 fully saturated rings. The minimum absolute atomic E-state index is 0.102. The summed E-state index contributed by atoms with van der Waals surface area (Å²) in [6, 6.07) is 14.5. The topological polar surface area (TPSA) is 75.0 Å². The molecule has 2 aromatic carbocycles. The quantitative estimate of drug-likeness (QED) is 0.204. The van der Waals surface area contributed by atoms with Crippen LogP contribution in [0, 0.1) is 0 Å². The standard InChI is InChI=1S/C28H34O6/c1-3-12-21-13-8-9-14-25(21)33-18-11-7-5-6-10-17-32-22-15-16-23-24(29)20-27(28(30)31-4-2)34-26(23)19-22/h8-9,13-16,19-20H,3-7,10-12,17-18H2,1-2H3. The van der Waals surface area contributed by atoms with Gasteiger partial charge in [0.1, 0.15) is 17.1 Å². The lowest BCUT2D eigenvalue weighted by Crippen LogP contribution is -2.10. The van der Waals surface area contributed by atoms with Crippen molar-refractivity contribution in [2.24, 2.45) is 0 Å². The first-order chi connectivity index (χ1) is 16.6. The second kappa shape index (κ2) is 13.4. The summed E-state index contributed by atoms with van der Waals surface area (Å²) in [5, 5.41) is 0.403. The van der Waals surface area contributed by atoms with Crippen LogP contribution in [0.15, 0.2) is 57.7 Å². The molecule has 0 aliphatic heterocycles. The number of benzene rings is 2. The maximum atomic E-state index is 12.2. The molecular weight excluding hydrogens is 432 g/mol. The highest BCUT2D eigenvalue weighted by Gasteiger charge is 2.13. The van der Waals surface area contributed by atoms with Crippen molar-refractivity contribution in [3.8, 4) is 11.5 Å². The predicted octanol–water partition coefficient (Wildman–Crippen LogP) is 6.33. The molecule has 0 spiro atoms. The maximum Gasteiger partial charge on any atom is 0.374 e. The van der Waals surface area contributed by atoms with Gasteiger partial charge in [-0.15, -0.1) is 0 Å². The van der Waals surface area contributed by atoms with Crippen molar-refractivity contribution in [3.63, 3.8) is 0 Å². The number of carbonyl (C=O) groups is 1. The van der Waals surface area contributed by atoms with Crippen molar-refractivity contribution in [3.05, 3.63) is 70.1 Å². The number of esters is 1. The van der Waals surface area contributed by atoms with Crippen LogP contribution < -0.4 is 14.9 Å². The van der Waals surface area contributed by atoms with Crippen LogP contribution in [-0.4, -0.2) is 25.8 Å². The minimum Gasteiger partial charge on any atom is -0.493 e. The van der Waals surface area contributed by atoms with Gasteiger partial charge < -0.3 is 18.6 Å². The molecule has 6 nitrogen and oxygen atoms in total. The lowest BCUT2D eigenvalue weighted by atomic mass is 10.1. The van der Waals surface area contributed by atoms with E-state index in [-0.39, 0.29) is 17.8 Å². The van der Waals surface area contributed by atoms with E-state index < -0.39 is 5.97 Å². The van der Waals surface area contributed by atoms with E-state index in [2.05, 4.69) is 25.1 Å². The molecule has 1 aromatic heterocycles. The van der Waals surface area contributed by atoms with Gasteiger partial charge >= 0.3 is 5.97 Å². The molecule has 0 radical (unpaired) electrons. The summed E-state index contributed by atoms with van der Waals surface area (Å²) in [5.41, 5.74) is 1.31. The molecule has 6 heteroatoms. The van der Waals surface area contributed by atoms with Crippen LogP contribution in [0.2, 0.25) is 0 Å². The number of unbranched alkanes of at least 4 members (excludes halogenated alkanes) is 4. The third kappa shape index (κ3) is 7.37. The van der Waals surface area contributed by atoms with Gasteiger partial charge in [-0.3, -0.25) is 4.79 Å². The lowest BCUT2D eigenvalue weighted by Gasteiger charge is -2.11. The van der Waals surface area contributed by atoms with Crippen LogP contribution >= 0.6 is 0 Å². The summed E-state index contributed by atoms with van der Waals surface area (Å²) in [6.07, 6.45) is 7.45. The highest BCUT2D eigenvalue weighted by atomic mass is 16.5. The van der Waals surface area contributed by atoms with Crippen molar-refractivity contribution in [2.45, 2.75) is 58.8 Å². The van der Waals surface area contributed by atoms with E-state index in [0.717, 1.165) is 63.4 Å². The zero-order valence-electron chi connectivity index (χ0n) is 20.1. The van der Waals surface area contributed by atoms with Crippen molar-refractivity contribution in [1.29, 1.82) is 0 Å². The Labute approximate surface area is 200 Å². The van der Waals surface area contributed by atoms with Crippen LogP contribution in [0.3, 0.4) is 0 Å². The van der Waals surface area contributed by atoms with E-state index in [1.54, 1.807) is 25.1 Å². The number of hydrogen-bond acceptors (Lipinski definition) is 6. The number of aryl methyl sites for hydroxylation is 1. The molecule has 0 amide bonds.